The van der Waals surface area contributed by atoms with Crippen LogP contribution in [0, 0.1) is 5.92 Å². The second-order valence-corrected chi connectivity index (χ2v) is 6.67. The molecule has 0 fully saturated rings. The van der Waals surface area contributed by atoms with Gasteiger partial charge in [0.2, 0.25) is 0 Å². The molecule has 2 aromatic rings. The lowest BCUT2D eigenvalue weighted by Gasteiger charge is -2.27. The molecule has 27 heavy (non-hydrogen) atoms. The molecule has 2 amide bonds. The predicted octanol–water partition coefficient (Wildman–Crippen LogP) is 3.06. The molecule has 1 heterocycles. The first-order valence-corrected chi connectivity index (χ1v) is 8.70. The van der Waals surface area contributed by atoms with Crippen LogP contribution < -0.4 is 4.74 Å². The number of amides is 2. The van der Waals surface area contributed by atoms with Gasteiger partial charge in [0.05, 0.1) is 18.2 Å². The summed E-state index contributed by atoms with van der Waals surface area (Å²) in [4.78, 5) is 39.1. The lowest BCUT2D eigenvalue weighted by atomic mass is 10.0. The Kier molecular flexibility index (Phi) is 5.26. The van der Waals surface area contributed by atoms with Crippen LogP contribution in [-0.4, -0.2) is 35.8 Å². The standard InChI is InChI=1S/C21H21NO5/c1-13(2)18(21(25)27-12-14-8-10-15(26-3)11-9-14)22-19(23)16-6-4-5-7-17(16)20(22)24/h4-11,13,18H,12H2,1-3H3/t18-/m0/s1. The molecule has 0 saturated heterocycles. The quantitative estimate of drug-likeness (QED) is 0.580. The summed E-state index contributed by atoms with van der Waals surface area (Å²) in [6.45, 7) is 3.61. The normalized spacial score (nSPS) is 14.3. The van der Waals surface area contributed by atoms with E-state index in [-0.39, 0.29) is 12.5 Å². The number of methoxy groups -OCH3 is 1. The molecule has 0 aromatic heterocycles. The van der Waals surface area contributed by atoms with Crippen LogP contribution in [0.2, 0.25) is 0 Å². The van der Waals surface area contributed by atoms with E-state index in [4.69, 9.17) is 9.47 Å². The van der Waals surface area contributed by atoms with Crippen molar-refractivity contribution >= 4 is 17.8 Å². The molecule has 0 aliphatic carbocycles. The van der Waals surface area contributed by atoms with Crippen molar-refractivity contribution < 1.29 is 23.9 Å². The fourth-order valence-electron chi connectivity index (χ4n) is 3.10. The maximum atomic E-state index is 12.7. The van der Waals surface area contributed by atoms with Crippen LogP contribution in [0.25, 0.3) is 0 Å². The van der Waals surface area contributed by atoms with Crippen molar-refractivity contribution in [2.75, 3.05) is 7.11 Å². The number of nitrogens with zero attached hydrogens (tertiary/aromatic N) is 1. The number of esters is 1. The first-order chi connectivity index (χ1) is 12.9. The minimum absolute atomic E-state index is 0.0508. The number of imide groups is 1. The number of ether oxygens (including phenoxy) is 2. The van der Waals surface area contributed by atoms with E-state index in [0.717, 1.165) is 10.5 Å². The fourth-order valence-corrected chi connectivity index (χ4v) is 3.10. The number of fused-ring (bicyclic) bond motifs is 1. The van der Waals surface area contributed by atoms with Gasteiger partial charge in [-0.05, 0) is 35.7 Å². The Hall–Kier alpha value is -3.15. The minimum Gasteiger partial charge on any atom is -0.497 e. The van der Waals surface area contributed by atoms with Crippen LogP contribution in [0.3, 0.4) is 0 Å². The highest BCUT2D eigenvalue weighted by molar-refractivity contribution is 6.22. The number of carbonyl (C=O) groups is 3. The number of carbonyl (C=O) groups excluding carboxylic acids is 3. The third-order valence-electron chi connectivity index (χ3n) is 4.52. The lowest BCUT2D eigenvalue weighted by molar-refractivity contribution is -0.151. The molecular weight excluding hydrogens is 346 g/mol. The first kappa shape index (κ1) is 18.6. The summed E-state index contributed by atoms with van der Waals surface area (Å²) in [6, 6.07) is 12.7. The molecule has 1 aliphatic heterocycles. The average Bonchev–Trinajstić information content (AvgIpc) is 2.92. The summed E-state index contributed by atoms with van der Waals surface area (Å²) in [6.07, 6.45) is 0. The van der Waals surface area contributed by atoms with Crippen molar-refractivity contribution in [2.45, 2.75) is 26.5 Å². The van der Waals surface area contributed by atoms with E-state index >= 15 is 0 Å². The van der Waals surface area contributed by atoms with Gasteiger partial charge in [-0.25, -0.2) is 4.79 Å². The predicted molar refractivity (Wildman–Crippen MR) is 98.4 cm³/mol. The summed E-state index contributed by atoms with van der Waals surface area (Å²) < 4.78 is 10.5. The van der Waals surface area contributed by atoms with Gasteiger partial charge in [-0.3, -0.25) is 14.5 Å². The zero-order chi connectivity index (χ0) is 19.6. The van der Waals surface area contributed by atoms with E-state index in [2.05, 4.69) is 0 Å². The average molecular weight is 367 g/mol. The Morgan fingerprint density at radius 2 is 1.52 bits per heavy atom. The van der Waals surface area contributed by atoms with Crippen LogP contribution in [0.4, 0.5) is 0 Å². The van der Waals surface area contributed by atoms with Gasteiger partial charge in [0, 0.05) is 0 Å². The number of benzene rings is 2. The molecule has 1 aliphatic rings. The molecule has 6 nitrogen and oxygen atoms in total. The highest BCUT2D eigenvalue weighted by Gasteiger charge is 2.44. The van der Waals surface area contributed by atoms with Crippen molar-refractivity contribution in [2.24, 2.45) is 5.92 Å². The van der Waals surface area contributed by atoms with Crippen molar-refractivity contribution in [3.63, 3.8) is 0 Å². The number of rotatable bonds is 6. The molecule has 0 unspecified atom stereocenters. The van der Waals surface area contributed by atoms with Gasteiger partial charge >= 0.3 is 5.97 Å². The van der Waals surface area contributed by atoms with E-state index in [0.29, 0.717) is 16.9 Å². The number of hydrogen-bond acceptors (Lipinski definition) is 5. The monoisotopic (exact) mass is 367 g/mol. The smallest absolute Gasteiger partial charge is 0.329 e. The summed E-state index contributed by atoms with van der Waals surface area (Å²) >= 11 is 0. The van der Waals surface area contributed by atoms with Crippen molar-refractivity contribution in [1.29, 1.82) is 0 Å². The largest absolute Gasteiger partial charge is 0.497 e. The Bertz CT molecular complexity index is 837. The van der Waals surface area contributed by atoms with Gasteiger partial charge in [0.25, 0.3) is 11.8 Å². The molecule has 1 atom stereocenters. The zero-order valence-corrected chi connectivity index (χ0v) is 15.5. The van der Waals surface area contributed by atoms with E-state index in [1.54, 1.807) is 69.5 Å². The molecule has 0 spiro atoms. The maximum Gasteiger partial charge on any atom is 0.329 e. The zero-order valence-electron chi connectivity index (χ0n) is 15.5. The van der Waals surface area contributed by atoms with Gasteiger partial charge in [-0.2, -0.15) is 0 Å². The Balaban J connectivity index is 1.76. The highest BCUT2D eigenvalue weighted by atomic mass is 16.5. The van der Waals surface area contributed by atoms with Crippen LogP contribution >= 0.6 is 0 Å². The van der Waals surface area contributed by atoms with Crippen molar-refractivity contribution in [1.82, 2.24) is 4.90 Å². The third kappa shape index (κ3) is 3.56. The SMILES string of the molecule is COc1ccc(COC(=O)[C@H](C(C)C)N2C(=O)c3ccccc3C2=O)cc1. The molecular formula is C21H21NO5. The summed E-state index contributed by atoms with van der Waals surface area (Å²) in [5.41, 5.74) is 1.42. The molecule has 2 aromatic carbocycles. The molecule has 140 valence electrons. The first-order valence-electron chi connectivity index (χ1n) is 8.70. The lowest BCUT2D eigenvalue weighted by Crippen LogP contribution is -2.48. The van der Waals surface area contributed by atoms with E-state index < -0.39 is 23.8 Å². The van der Waals surface area contributed by atoms with Gasteiger partial charge < -0.3 is 9.47 Å². The Morgan fingerprint density at radius 3 is 2.00 bits per heavy atom. The minimum atomic E-state index is -0.976. The number of hydrogen-bond donors (Lipinski definition) is 0. The van der Waals surface area contributed by atoms with Crippen LogP contribution in [0.15, 0.2) is 48.5 Å². The van der Waals surface area contributed by atoms with E-state index in [1.165, 1.54) is 0 Å². The molecule has 0 radical (unpaired) electrons. The second kappa shape index (κ2) is 7.61. The van der Waals surface area contributed by atoms with Gasteiger partial charge in [0.1, 0.15) is 18.4 Å². The maximum absolute atomic E-state index is 12.7. The Morgan fingerprint density at radius 1 is 0.963 bits per heavy atom. The van der Waals surface area contributed by atoms with Crippen molar-refractivity contribution in [3.8, 4) is 5.75 Å². The van der Waals surface area contributed by atoms with Crippen LogP contribution in [-0.2, 0) is 16.1 Å². The Labute approximate surface area is 157 Å². The molecule has 0 bridgehead atoms. The van der Waals surface area contributed by atoms with Crippen LogP contribution in [0.1, 0.15) is 40.1 Å². The fraction of sp³-hybridized carbons (Fsp3) is 0.286. The van der Waals surface area contributed by atoms with E-state index in [1.807, 2.05) is 0 Å². The molecule has 0 N–H and O–H groups in total. The van der Waals surface area contributed by atoms with Crippen molar-refractivity contribution in [3.05, 3.63) is 65.2 Å². The molecule has 6 heteroatoms. The third-order valence-corrected chi connectivity index (χ3v) is 4.52. The van der Waals surface area contributed by atoms with Gasteiger partial charge in [-0.15, -0.1) is 0 Å². The van der Waals surface area contributed by atoms with Crippen LogP contribution in [0.5, 0.6) is 5.75 Å². The summed E-state index contributed by atoms with van der Waals surface area (Å²) in [5, 5.41) is 0. The highest BCUT2D eigenvalue weighted by Crippen LogP contribution is 2.27. The van der Waals surface area contributed by atoms with Gasteiger partial charge in [0.15, 0.2) is 0 Å². The molecule has 3 rings (SSSR count). The second-order valence-electron chi connectivity index (χ2n) is 6.67. The summed E-state index contributed by atoms with van der Waals surface area (Å²) in [5.74, 6) is -1.10. The van der Waals surface area contributed by atoms with E-state index in [9.17, 15) is 14.4 Å². The van der Waals surface area contributed by atoms with Gasteiger partial charge in [-0.1, -0.05) is 38.1 Å². The molecule has 0 saturated carbocycles. The summed E-state index contributed by atoms with van der Waals surface area (Å²) in [7, 11) is 1.57. The topological polar surface area (TPSA) is 72.9 Å².